The van der Waals surface area contributed by atoms with Crippen LogP contribution in [0.4, 0.5) is 5.82 Å². The average Bonchev–Trinajstić information content (AvgIpc) is 2.18. The molecule has 0 saturated heterocycles. The van der Waals surface area contributed by atoms with E-state index in [0.717, 1.165) is 17.4 Å². The monoisotopic (exact) mass is 198 g/mol. The third kappa shape index (κ3) is 2.86. The Morgan fingerprint density at radius 3 is 2.92 bits per heavy atom. The van der Waals surface area contributed by atoms with Crippen molar-refractivity contribution in [1.82, 2.24) is 9.97 Å². The van der Waals surface area contributed by atoms with Crippen LogP contribution < -0.4 is 10.6 Å². The largest absolute Gasteiger partial charge is 0.358 e. The van der Waals surface area contributed by atoms with Crippen LogP contribution >= 0.6 is 11.8 Å². The first-order valence-corrected chi connectivity index (χ1v) is 5.27. The summed E-state index contributed by atoms with van der Waals surface area (Å²) in [7, 11) is 1.97. The number of rotatable bonds is 4. The molecule has 1 aromatic heterocycles. The van der Waals surface area contributed by atoms with Gasteiger partial charge < -0.3 is 10.6 Å². The molecule has 0 spiro atoms. The summed E-state index contributed by atoms with van der Waals surface area (Å²) in [6, 6.07) is 1.96. The highest BCUT2D eigenvalue weighted by Crippen LogP contribution is 2.15. The van der Waals surface area contributed by atoms with Crippen LogP contribution in [0.1, 0.15) is 0 Å². The zero-order valence-electron chi connectivity index (χ0n) is 7.90. The van der Waals surface area contributed by atoms with Gasteiger partial charge in [0.05, 0.1) is 0 Å². The Labute approximate surface area is 82.6 Å². The van der Waals surface area contributed by atoms with E-state index in [0.29, 0.717) is 6.54 Å². The molecule has 0 aliphatic rings. The van der Waals surface area contributed by atoms with E-state index in [2.05, 4.69) is 9.97 Å². The summed E-state index contributed by atoms with van der Waals surface area (Å²) in [6.07, 6.45) is 3.57. The zero-order chi connectivity index (χ0) is 9.68. The lowest BCUT2D eigenvalue weighted by Crippen LogP contribution is -2.25. The normalized spacial score (nSPS) is 10.1. The minimum absolute atomic E-state index is 0.634. The average molecular weight is 198 g/mol. The molecule has 5 heteroatoms. The summed E-state index contributed by atoms with van der Waals surface area (Å²) in [6.45, 7) is 1.44. The van der Waals surface area contributed by atoms with Crippen molar-refractivity contribution in [3.63, 3.8) is 0 Å². The van der Waals surface area contributed by atoms with E-state index in [-0.39, 0.29) is 0 Å². The van der Waals surface area contributed by atoms with Crippen molar-refractivity contribution in [2.24, 2.45) is 5.73 Å². The fourth-order valence-corrected chi connectivity index (χ4v) is 1.33. The molecule has 1 heterocycles. The summed E-state index contributed by atoms with van der Waals surface area (Å²) in [5.41, 5.74) is 5.45. The molecule has 0 bridgehead atoms. The Kier molecular flexibility index (Phi) is 3.98. The second-order valence-corrected chi connectivity index (χ2v) is 3.46. The summed E-state index contributed by atoms with van der Waals surface area (Å²) in [5, 5.41) is 0.980. The van der Waals surface area contributed by atoms with Crippen molar-refractivity contribution in [3.05, 3.63) is 12.4 Å². The van der Waals surface area contributed by atoms with Crippen LogP contribution in [0.15, 0.2) is 17.4 Å². The first kappa shape index (κ1) is 10.3. The van der Waals surface area contributed by atoms with Gasteiger partial charge in [0.1, 0.15) is 17.2 Å². The third-order valence-electron chi connectivity index (χ3n) is 1.69. The quantitative estimate of drug-likeness (QED) is 0.567. The van der Waals surface area contributed by atoms with E-state index < -0.39 is 0 Å². The van der Waals surface area contributed by atoms with Gasteiger partial charge >= 0.3 is 0 Å². The van der Waals surface area contributed by atoms with Crippen LogP contribution in [0.5, 0.6) is 0 Å². The van der Waals surface area contributed by atoms with Gasteiger partial charge in [0.2, 0.25) is 0 Å². The smallest absolute Gasteiger partial charge is 0.132 e. The predicted molar refractivity (Wildman–Crippen MR) is 56.1 cm³/mol. The number of hydrogen-bond donors (Lipinski definition) is 1. The van der Waals surface area contributed by atoms with Crippen LogP contribution in [-0.2, 0) is 0 Å². The number of nitrogens with zero attached hydrogens (tertiary/aromatic N) is 3. The van der Waals surface area contributed by atoms with Crippen molar-refractivity contribution in [2.45, 2.75) is 5.03 Å². The topological polar surface area (TPSA) is 55.0 Å². The molecule has 13 heavy (non-hydrogen) atoms. The minimum Gasteiger partial charge on any atom is -0.358 e. The lowest BCUT2D eigenvalue weighted by atomic mass is 10.5. The van der Waals surface area contributed by atoms with Gasteiger partial charge in [-0.2, -0.15) is 0 Å². The number of anilines is 1. The molecule has 4 nitrogen and oxygen atoms in total. The van der Waals surface area contributed by atoms with Crippen molar-refractivity contribution in [1.29, 1.82) is 0 Å². The third-order valence-corrected chi connectivity index (χ3v) is 2.33. The van der Waals surface area contributed by atoms with Crippen LogP contribution in [0.2, 0.25) is 0 Å². The fraction of sp³-hybridized carbons (Fsp3) is 0.500. The zero-order valence-corrected chi connectivity index (χ0v) is 8.71. The van der Waals surface area contributed by atoms with Gasteiger partial charge in [-0.3, -0.25) is 0 Å². The highest BCUT2D eigenvalue weighted by atomic mass is 32.2. The predicted octanol–water partition coefficient (Wildman–Crippen LogP) is 0.593. The standard InChI is InChI=1S/C8H14N4S/c1-12(4-3-9)7-5-8(13-2)11-6-10-7/h5-6H,3-4,9H2,1-2H3. The molecule has 0 amide bonds. The molecule has 72 valence electrons. The van der Waals surface area contributed by atoms with E-state index in [1.54, 1.807) is 18.1 Å². The minimum atomic E-state index is 0.634. The molecular formula is C8H14N4S. The summed E-state index contributed by atoms with van der Waals surface area (Å²) < 4.78 is 0. The van der Waals surface area contributed by atoms with Crippen LogP contribution in [0.25, 0.3) is 0 Å². The molecule has 0 aliphatic carbocycles. The second kappa shape index (κ2) is 5.04. The van der Waals surface area contributed by atoms with Gasteiger partial charge in [-0.1, -0.05) is 0 Å². The van der Waals surface area contributed by atoms with E-state index in [1.165, 1.54) is 0 Å². The number of likely N-dealkylation sites (N-methyl/N-ethyl adjacent to an activating group) is 1. The van der Waals surface area contributed by atoms with E-state index in [9.17, 15) is 0 Å². The molecule has 0 fully saturated rings. The lowest BCUT2D eigenvalue weighted by Gasteiger charge is -2.16. The maximum atomic E-state index is 5.45. The van der Waals surface area contributed by atoms with Crippen LogP contribution in [0, 0.1) is 0 Å². The molecule has 0 aliphatic heterocycles. The molecule has 0 saturated carbocycles. The molecule has 1 rings (SSSR count). The molecule has 0 aromatic carbocycles. The molecule has 1 aromatic rings. The summed E-state index contributed by atoms with van der Waals surface area (Å²) in [4.78, 5) is 10.3. The highest BCUT2D eigenvalue weighted by molar-refractivity contribution is 7.98. The second-order valence-electron chi connectivity index (χ2n) is 2.63. The highest BCUT2D eigenvalue weighted by Gasteiger charge is 2.01. The van der Waals surface area contributed by atoms with E-state index in [1.807, 2.05) is 24.3 Å². The number of thioether (sulfide) groups is 1. The van der Waals surface area contributed by atoms with Gasteiger partial charge in [-0.25, -0.2) is 9.97 Å². The molecular weight excluding hydrogens is 184 g/mol. The first-order chi connectivity index (χ1) is 6.27. The van der Waals surface area contributed by atoms with Crippen molar-refractivity contribution < 1.29 is 0 Å². The lowest BCUT2D eigenvalue weighted by molar-refractivity contribution is 0.856. The van der Waals surface area contributed by atoms with Crippen molar-refractivity contribution >= 4 is 17.6 Å². The molecule has 0 unspecified atom stereocenters. The summed E-state index contributed by atoms with van der Waals surface area (Å²) in [5.74, 6) is 0.921. The van der Waals surface area contributed by atoms with Gasteiger partial charge in [0, 0.05) is 26.2 Å². The van der Waals surface area contributed by atoms with E-state index >= 15 is 0 Å². The Balaban J connectivity index is 2.75. The van der Waals surface area contributed by atoms with Crippen molar-refractivity contribution in [3.8, 4) is 0 Å². The van der Waals surface area contributed by atoms with E-state index in [4.69, 9.17) is 5.73 Å². The van der Waals surface area contributed by atoms with Gasteiger partial charge in [0.25, 0.3) is 0 Å². The van der Waals surface area contributed by atoms with Gasteiger partial charge in [0.15, 0.2) is 0 Å². The van der Waals surface area contributed by atoms with Gasteiger partial charge in [-0.15, -0.1) is 11.8 Å². The maximum Gasteiger partial charge on any atom is 0.132 e. The number of nitrogens with two attached hydrogens (primary N) is 1. The summed E-state index contributed by atoms with van der Waals surface area (Å²) >= 11 is 1.61. The van der Waals surface area contributed by atoms with Gasteiger partial charge in [-0.05, 0) is 6.26 Å². The Bertz CT molecular complexity index is 266. The van der Waals surface area contributed by atoms with Crippen molar-refractivity contribution in [2.75, 3.05) is 31.3 Å². The molecule has 2 N–H and O–H groups in total. The number of aromatic nitrogens is 2. The first-order valence-electron chi connectivity index (χ1n) is 4.05. The molecule has 0 radical (unpaired) electrons. The molecule has 0 atom stereocenters. The fourth-order valence-electron chi connectivity index (χ4n) is 0.958. The Morgan fingerprint density at radius 1 is 1.54 bits per heavy atom. The maximum absolute atomic E-state index is 5.45. The van der Waals surface area contributed by atoms with Crippen LogP contribution in [0.3, 0.4) is 0 Å². The SMILES string of the molecule is CSc1cc(N(C)CCN)ncn1. The number of hydrogen-bond acceptors (Lipinski definition) is 5. The Hall–Kier alpha value is -0.810. The Morgan fingerprint density at radius 2 is 2.31 bits per heavy atom. The van der Waals surface area contributed by atoms with Crippen LogP contribution in [-0.4, -0.2) is 36.4 Å².